The lowest BCUT2D eigenvalue weighted by Gasteiger charge is -2.26. The first-order valence-corrected chi connectivity index (χ1v) is 9.87. The molecule has 1 aromatic rings. The van der Waals surface area contributed by atoms with Gasteiger partial charge in [-0.1, -0.05) is 37.1 Å². The van der Waals surface area contributed by atoms with E-state index in [0.717, 1.165) is 44.9 Å². The van der Waals surface area contributed by atoms with Crippen LogP contribution in [0.1, 0.15) is 62.1 Å². The number of fused-ring (bicyclic) bond motifs is 2. The van der Waals surface area contributed by atoms with Gasteiger partial charge in [-0.05, 0) is 43.2 Å². The molecule has 138 valence electrons. The van der Waals surface area contributed by atoms with E-state index in [2.05, 4.69) is 17.4 Å². The molecule has 3 amide bonds. The van der Waals surface area contributed by atoms with Gasteiger partial charge in [0.2, 0.25) is 17.7 Å². The van der Waals surface area contributed by atoms with Gasteiger partial charge < -0.3 is 5.32 Å². The maximum absolute atomic E-state index is 12.5. The number of aryl methyl sites for hydroxylation is 1. The van der Waals surface area contributed by atoms with Gasteiger partial charge in [0.1, 0.15) is 0 Å². The summed E-state index contributed by atoms with van der Waals surface area (Å²) in [5.74, 6) is -0.470. The molecule has 0 bridgehead atoms. The van der Waals surface area contributed by atoms with Gasteiger partial charge in [-0.3, -0.25) is 19.3 Å². The Morgan fingerprint density at radius 3 is 2.42 bits per heavy atom. The molecule has 3 aliphatic rings. The molecule has 5 heteroatoms. The highest BCUT2D eigenvalue weighted by Gasteiger charge is 2.47. The van der Waals surface area contributed by atoms with Crippen LogP contribution in [0.2, 0.25) is 0 Å². The Bertz CT molecular complexity index is 706. The van der Waals surface area contributed by atoms with Gasteiger partial charge in [-0.2, -0.15) is 0 Å². The molecule has 2 aliphatic carbocycles. The average Bonchev–Trinajstić information content (AvgIpc) is 2.91. The number of benzene rings is 1. The van der Waals surface area contributed by atoms with Crippen molar-refractivity contribution in [1.82, 2.24) is 10.2 Å². The first-order chi connectivity index (χ1) is 12.6. The van der Waals surface area contributed by atoms with Crippen LogP contribution in [-0.2, 0) is 20.8 Å². The lowest BCUT2D eigenvalue weighted by molar-refractivity contribution is -0.140. The third-order valence-electron chi connectivity index (χ3n) is 6.20. The fourth-order valence-electron chi connectivity index (χ4n) is 4.84. The fourth-order valence-corrected chi connectivity index (χ4v) is 4.84. The summed E-state index contributed by atoms with van der Waals surface area (Å²) < 4.78 is 0. The Kier molecular flexibility index (Phi) is 4.79. The van der Waals surface area contributed by atoms with Crippen molar-refractivity contribution in [3.8, 4) is 0 Å². The van der Waals surface area contributed by atoms with Crippen LogP contribution in [0.5, 0.6) is 0 Å². The minimum absolute atomic E-state index is 0.0417. The lowest BCUT2D eigenvalue weighted by atomic mass is 9.81. The Labute approximate surface area is 154 Å². The molecular weight excluding hydrogens is 328 g/mol. The quantitative estimate of drug-likeness (QED) is 0.846. The number of carbonyl (C=O) groups excluding carboxylic acids is 3. The van der Waals surface area contributed by atoms with E-state index >= 15 is 0 Å². The number of rotatable bonds is 4. The summed E-state index contributed by atoms with van der Waals surface area (Å²) in [5.41, 5.74) is 2.50. The van der Waals surface area contributed by atoms with Crippen LogP contribution in [0, 0.1) is 11.8 Å². The first kappa shape index (κ1) is 17.3. The topological polar surface area (TPSA) is 66.5 Å². The molecular formula is C21H26N2O3. The standard InChI is InChI=1S/C21H26N2O3/c24-19(22-18-11-5-7-14-6-1-2-8-15(14)18)12-13-23-20(25)16-9-3-4-10-17(16)21(23)26/h1-2,6,8,16-18H,3-5,7,9-13H2,(H,22,24)/t16-,17+,18-/m0/s1. The molecule has 1 aromatic carbocycles. The van der Waals surface area contributed by atoms with Crippen LogP contribution in [0.25, 0.3) is 0 Å². The van der Waals surface area contributed by atoms with Gasteiger partial charge in [0.05, 0.1) is 17.9 Å². The maximum atomic E-state index is 12.5. The molecule has 1 heterocycles. The molecule has 0 aromatic heterocycles. The number of likely N-dealkylation sites (tertiary alicyclic amines) is 1. The number of amides is 3. The van der Waals surface area contributed by atoms with Crippen molar-refractivity contribution in [2.75, 3.05) is 6.54 Å². The largest absolute Gasteiger partial charge is 0.349 e. The van der Waals surface area contributed by atoms with Gasteiger partial charge >= 0.3 is 0 Å². The zero-order chi connectivity index (χ0) is 18.1. The molecule has 0 spiro atoms. The smallest absolute Gasteiger partial charge is 0.233 e. The van der Waals surface area contributed by atoms with Crippen molar-refractivity contribution >= 4 is 17.7 Å². The summed E-state index contributed by atoms with van der Waals surface area (Å²) in [6.45, 7) is 0.213. The Balaban J connectivity index is 1.35. The van der Waals surface area contributed by atoms with Crippen molar-refractivity contribution < 1.29 is 14.4 Å². The third kappa shape index (κ3) is 3.15. The van der Waals surface area contributed by atoms with Gasteiger partial charge in [0.15, 0.2) is 0 Å². The number of nitrogens with one attached hydrogen (secondary N) is 1. The van der Waals surface area contributed by atoms with E-state index < -0.39 is 0 Å². The highest BCUT2D eigenvalue weighted by atomic mass is 16.2. The van der Waals surface area contributed by atoms with Gasteiger partial charge in [-0.25, -0.2) is 0 Å². The zero-order valence-corrected chi connectivity index (χ0v) is 15.1. The van der Waals surface area contributed by atoms with Crippen LogP contribution < -0.4 is 5.32 Å². The minimum Gasteiger partial charge on any atom is -0.349 e. The van der Waals surface area contributed by atoms with Gasteiger partial charge in [0.25, 0.3) is 0 Å². The Morgan fingerprint density at radius 2 is 1.69 bits per heavy atom. The van der Waals surface area contributed by atoms with Crippen molar-refractivity contribution in [3.63, 3.8) is 0 Å². The van der Waals surface area contributed by atoms with Crippen molar-refractivity contribution in [1.29, 1.82) is 0 Å². The third-order valence-corrected chi connectivity index (χ3v) is 6.20. The van der Waals surface area contributed by atoms with Crippen LogP contribution in [0.15, 0.2) is 24.3 Å². The number of nitrogens with zero attached hydrogens (tertiary/aromatic N) is 1. The summed E-state index contributed by atoms with van der Waals surface area (Å²) in [7, 11) is 0. The van der Waals surface area contributed by atoms with E-state index in [1.54, 1.807) is 0 Å². The highest BCUT2D eigenvalue weighted by molar-refractivity contribution is 6.05. The van der Waals surface area contributed by atoms with E-state index in [4.69, 9.17) is 0 Å². The predicted molar refractivity (Wildman–Crippen MR) is 97.0 cm³/mol. The fraction of sp³-hybridized carbons (Fsp3) is 0.571. The summed E-state index contributed by atoms with van der Waals surface area (Å²) in [5, 5.41) is 3.10. The molecule has 1 aliphatic heterocycles. The summed E-state index contributed by atoms with van der Waals surface area (Å²) >= 11 is 0. The summed E-state index contributed by atoms with van der Waals surface area (Å²) in [4.78, 5) is 38.8. The molecule has 0 radical (unpaired) electrons. The Hall–Kier alpha value is -2.17. The van der Waals surface area contributed by atoms with E-state index in [0.29, 0.717) is 0 Å². The number of imide groups is 1. The zero-order valence-electron chi connectivity index (χ0n) is 15.1. The molecule has 1 saturated heterocycles. The second-order valence-corrected chi connectivity index (χ2v) is 7.79. The minimum atomic E-state index is -0.135. The van der Waals surface area contributed by atoms with E-state index in [-0.39, 0.29) is 48.6 Å². The molecule has 4 rings (SSSR count). The highest BCUT2D eigenvalue weighted by Crippen LogP contribution is 2.38. The second kappa shape index (κ2) is 7.22. The SMILES string of the molecule is O=C(CCN1C(=O)[C@H]2CCCC[C@H]2C1=O)N[C@H]1CCCc2ccccc21. The van der Waals surface area contributed by atoms with Crippen LogP contribution >= 0.6 is 0 Å². The van der Waals surface area contributed by atoms with Crippen LogP contribution in [0.4, 0.5) is 0 Å². The molecule has 26 heavy (non-hydrogen) atoms. The Morgan fingerprint density at radius 1 is 1.00 bits per heavy atom. The molecule has 5 nitrogen and oxygen atoms in total. The maximum Gasteiger partial charge on any atom is 0.233 e. The molecule has 3 atom stereocenters. The first-order valence-electron chi connectivity index (χ1n) is 9.87. The van der Waals surface area contributed by atoms with Crippen molar-refractivity contribution in [3.05, 3.63) is 35.4 Å². The monoisotopic (exact) mass is 354 g/mol. The molecule has 2 fully saturated rings. The van der Waals surface area contributed by atoms with E-state index in [1.807, 2.05) is 12.1 Å². The molecule has 1 N–H and O–H groups in total. The number of carbonyl (C=O) groups is 3. The normalized spacial score (nSPS) is 27.8. The van der Waals surface area contributed by atoms with E-state index in [1.165, 1.54) is 16.0 Å². The summed E-state index contributed by atoms with van der Waals surface area (Å²) in [6, 6.07) is 8.29. The number of hydrogen-bond donors (Lipinski definition) is 1. The number of hydrogen-bond acceptors (Lipinski definition) is 3. The molecule has 0 unspecified atom stereocenters. The van der Waals surface area contributed by atoms with Gasteiger partial charge in [-0.15, -0.1) is 0 Å². The molecule has 1 saturated carbocycles. The second-order valence-electron chi connectivity index (χ2n) is 7.79. The lowest BCUT2D eigenvalue weighted by Crippen LogP contribution is -2.37. The van der Waals surface area contributed by atoms with E-state index in [9.17, 15) is 14.4 Å². The van der Waals surface area contributed by atoms with Crippen molar-refractivity contribution in [2.24, 2.45) is 11.8 Å². The van der Waals surface area contributed by atoms with Crippen LogP contribution in [0.3, 0.4) is 0 Å². The van der Waals surface area contributed by atoms with Gasteiger partial charge in [0, 0.05) is 13.0 Å². The summed E-state index contributed by atoms with van der Waals surface area (Å²) in [6.07, 6.45) is 6.93. The van der Waals surface area contributed by atoms with Crippen molar-refractivity contribution in [2.45, 2.75) is 57.4 Å². The van der Waals surface area contributed by atoms with Crippen LogP contribution in [-0.4, -0.2) is 29.2 Å². The predicted octanol–water partition coefficient (Wildman–Crippen LogP) is 2.75. The average molecular weight is 354 g/mol.